The maximum absolute atomic E-state index is 9.64. The summed E-state index contributed by atoms with van der Waals surface area (Å²) < 4.78 is 0. The van der Waals surface area contributed by atoms with Crippen molar-refractivity contribution in [3.63, 3.8) is 0 Å². The van der Waals surface area contributed by atoms with Crippen LogP contribution in [0.3, 0.4) is 0 Å². The van der Waals surface area contributed by atoms with Crippen molar-refractivity contribution in [2.24, 2.45) is 0 Å². The molecule has 0 fully saturated rings. The number of rotatable bonds is 9. The lowest BCUT2D eigenvalue weighted by Gasteiger charge is -2.15. The second kappa shape index (κ2) is 17.8. The van der Waals surface area contributed by atoms with E-state index in [1.807, 2.05) is 84.9 Å². The summed E-state index contributed by atoms with van der Waals surface area (Å²) in [7, 11) is 0. The van der Waals surface area contributed by atoms with E-state index >= 15 is 0 Å². The monoisotopic (exact) mass is 849 g/mol. The molecule has 2 heterocycles. The van der Waals surface area contributed by atoms with E-state index in [0.29, 0.717) is 40.5 Å². The number of hydrogen-bond acceptors (Lipinski definition) is 7. The number of nitriles is 1. The fourth-order valence-corrected chi connectivity index (χ4v) is 8.06. The number of nitrogens with zero attached hydrogens (tertiary/aromatic N) is 7. The lowest BCUT2D eigenvalue weighted by Crippen LogP contribution is -2.01. The molecule has 0 aliphatic heterocycles. The standard InChI is InChI=1S/C59H43N7/c1-37-21-25-50(31-39(37)3)58-63-54(43-13-7-5-8-14-43)61-56(65-58)48-19-11-17-45(33-48)46-29-30-52(42-27-23-41(36-60)24-28-42)53(35-46)47-18-12-20-49(34-47)57-62-55(44-15-9-6-10-16-44)64-59(66-57)51-26-22-38(2)40(4)32-51/h5-35H,1-4H3. The largest absolute Gasteiger partial charge is 0.208 e. The van der Waals surface area contributed by atoms with Crippen LogP contribution in [0.5, 0.6) is 0 Å². The Bertz CT molecular complexity index is 3470. The highest BCUT2D eigenvalue weighted by molar-refractivity contribution is 5.89. The van der Waals surface area contributed by atoms with Crippen LogP contribution in [0.15, 0.2) is 188 Å². The highest BCUT2D eigenvalue weighted by atomic mass is 15.0. The van der Waals surface area contributed by atoms with Crippen molar-refractivity contribution in [3.05, 3.63) is 216 Å². The Morgan fingerprint density at radius 2 is 0.636 bits per heavy atom. The van der Waals surface area contributed by atoms with E-state index in [1.165, 1.54) is 22.3 Å². The summed E-state index contributed by atoms with van der Waals surface area (Å²) in [6.07, 6.45) is 0. The van der Waals surface area contributed by atoms with E-state index in [4.69, 9.17) is 29.9 Å². The Morgan fingerprint density at radius 3 is 1.11 bits per heavy atom. The number of hydrogen-bond donors (Lipinski definition) is 0. The third kappa shape index (κ3) is 8.51. The first-order valence-corrected chi connectivity index (χ1v) is 21.9. The van der Waals surface area contributed by atoms with Crippen molar-refractivity contribution in [2.75, 3.05) is 0 Å². The van der Waals surface area contributed by atoms with Crippen molar-refractivity contribution >= 4 is 0 Å². The van der Waals surface area contributed by atoms with E-state index < -0.39 is 0 Å². The third-order valence-electron chi connectivity index (χ3n) is 12.1. The van der Waals surface area contributed by atoms with Crippen molar-refractivity contribution in [3.8, 4) is 108 Å². The zero-order valence-electron chi connectivity index (χ0n) is 37.0. The molecule has 2 aromatic heterocycles. The summed E-state index contributed by atoms with van der Waals surface area (Å²) in [6, 6.07) is 66.0. The minimum atomic E-state index is 0.579. The molecule has 0 unspecified atom stereocenters. The zero-order valence-corrected chi connectivity index (χ0v) is 37.0. The van der Waals surface area contributed by atoms with Gasteiger partial charge in [0.2, 0.25) is 0 Å². The predicted octanol–water partition coefficient (Wildman–Crippen LogP) is 14.2. The van der Waals surface area contributed by atoms with Crippen LogP contribution in [0.2, 0.25) is 0 Å². The molecule has 0 radical (unpaired) electrons. The normalized spacial score (nSPS) is 11.0. The van der Waals surface area contributed by atoms with Crippen LogP contribution in [-0.2, 0) is 0 Å². The van der Waals surface area contributed by atoms with Gasteiger partial charge in [0.05, 0.1) is 11.6 Å². The lowest BCUT2D eigenvalue weighted by molar-refractivity contribution is 1.07. The number of benzene rings is 8. The Labute approximate surface area is 384 Å². The molecule has 0 spiro atoms. The SMILES string of the molecule is Cc1ccc(-c2nc(-c3ccccc3)nc(-c3cccc(-c4ccc(-c5ccc(C#N)cc5)c(-c5cccc(-c6nc(-c7ccccc7)nc(-c7ccc(C)c(C)c7)n6)c5)c4)c3)n2)cc1C. The summed E-state index contributed by atoms with van der Waals surface area (Å²) >= 11 is 0. The Kier molecular flexibility index (Phi) is 11.1. The molecule has 0 saturated heterocycles. The molecule has 7 heteroatoms. The van der Waals surface area contributed by atoms with Gasteiger partial charge in [-0.3, -0.25) is 0 Å². The topological polar surface area (TPSA) is 101 Å². The Hall–Kier alpha value is -8.73. The van der Waals surface area contributed by atoms with Gasteiger partial charge in [0, 0.05) is 33.4 Å². The van der Waals surface area contributed by atoms with Gasteiger partial charge < -0.3 is 0 Å². The molecule has 0 bridgehead atoms. The zero-order chi connectivity index (χ0) is 45.1. The summed E-state index contributed by atoms with van der Waals surface area (Å²) in [4.78, 5) is 30.2. The second-order valence-electron chi connectivity index (χ2n) is 16.6. The summed E-state index contributed by atoms with van der Waals surface area (Å²) in [6.45, 7) is 8.43. The minimum Gasteiger partial charge on any atom is -0.208 e. The highest BCUT2D eigenvalue weighted by Gasteiger charge is 2.18. The summed E-state index contributed by atoms with van der Waals surface area (Å²) in [5, 5.41) is 9.64. The fraction of sp³-hybridized carbons (Fsp3) is 0.0678. The summed E-state index contributed by atoms with van der Waals surface area (Å²) in [5.41, 5.74) is 16.9. The molecule has 314 valence electrons. The van der Waals surface area contributed by atoms with E-state index in [0.717, 1.165) is 66.8 Å². The molecule has 10 rings (SSSR count). The van der Waals surface area contributed by atoms with Crippen LogP contribution in [-0.4, -0.2) is 29.9 Å². The lowest BCUT2D eigenvalue weighted by atomic mass is 9.90. The second-order valence-corrected chi connectivity index (χ2v) is 16.6. The van der Waals surface area contributed by atoms with Crippen LogP contribution in [0.4, 0.5) is 0 Å². The molecular weight excluding hydrogens is 807 g/mol. The van der Waals surface area contributed by atoms with Crippen LogP contribution in [0.25, 0.3) is 102 Å². The molecule has 0 amide bonds. The van der Waals surface area contributed by atoms with Crippen LogP contribution >= 0.6 is 0 Å². The molecule has 0 aliphatic carbocycles. The van der Waals surface area contributed by atoms with E-state index in [9.17, 15) is 5.26 Å². The van der Waals surface area contributed by atoms with Crippen LogP contribution in [0, 0.1) is 39.0 Å². The molecule has 10 aromatic rings. The van der Waals surface area contributed by atoms with Gasteiger partial charge in [0.15, 0.2) is 34.9 Å². The first-order chi connectivity index (χ1) is 32.3. The average molecular weight is 850 g/mol. The molecular formula is C59H43N7. The quantitative estimate of drug-likeness (QED) is 0.143. The van der Waals surface area contributed by atoms with Gasteiger partial charge in [-0.05, 0) is 126 Å². The van der Waals surface area contributed by atoms with Crippen molar-refractivity contribution in [1.82, 2.24) is 29.9 Å². The Morgan fingerprint density at radius 1 is 0.273 bits per heavy atom. The van der Waals surface area contributed by atoms with Crippen molar-refractivity contribution in [1.29, 1.82) is 5.26 Å². The smallest absolute Gasteiger partial charge is 0.164 e. The maximum Gasteiger partial charge on any atom is 0.164 e. The molecule has 0 N–H and O–H groups in total. The molecule has 66 heavy (non-hydrogen) atoms. The van der Waals surface area contributed by atoms with Gasteiger partial charge in [-0.25, -0.2) is 29.9 Å². The van der Waals surface area contributed by atoms with Crippen LogP contribution in [0.1, 0.15) is 27.8 Å². The van der Waals surface area contributed by atoms with E-state index in [2.05, 4.69) is 137 Å². The molecule has 8 aromatic carbocycles. The van der Waals surface area contributed by atoms with Gasteiger partial charge in [-0.15, -0.1) is 0 Å². The minimum absolute atomic E-state index is 0.579. The predicted molar refractivity (Wildman–Crippen MR) is 266 cm³/mol. The first-order valence-electron chi connectivity index (χ1n) is 21.9. The van der Waals surface area contributed by atoms with Gasteiger partial charge in [0.25, 0.3) is 0 Å². The summed E-state index contributed by atoms with van der Waals surface area (Å²) in [5.74, 6) is 3.63. The van der Waals surface area contributed by atoms with Gasteiger partial charge in [0.1, 0.15) is 0 Å². The molecule has 0 aliphatic rings. The molecule has 7 nitrogen and oxygen atoms in total. The third-order valence-corrected chi connectivity index (χ3v) is 12.1. The number of aromatic nitrogens is 6. The van der Waals surface area contributed by atoms with E-state index in [1.54, 1.807) is 0 Å². The average Bonchev–Trinajstić information content (AvgIpc) is 3.38. The van der Waals surface area contributed by atoms with E-state index in [-0.39, 0.29) is 0 Å². The van der Waals surface area contributed by atoms with Gasteiger partial charge in [-0.2, -0.15) is 5.26 Å². The van der Waals surface area contributed by atoms with Crippen LogP contribution < -0.4 is 0 Å². The van der Waals surface area contributed by atoms with Crippen molar-refractivity contribution < 1.29 is 0 Å². The van der Waals surface area contributed by atoms with Crippen molar-refractivity contribution in [2.45, 2.75) is 27.7 Å². The maximum atomic E-state index is 9.64. The highest BCUT2D eigenvalue weighted by Crippen LogP contribution is 2.39. The van der Waals surface area contributed by atoms with Gasteiger partial charge >= 0.3 is 0 Å². The number of aryl methyl sites for hydroxylation is 4. The molecule has 0 atom stereocenters. The fourth-order valence-electron chi connectivity index (χ4n) is 8.06. The van der Waals surface area contributed by atoms with Gasteiger partial charge in [-0.1, -0.05) is 146 Å². The first kappa shape index (κ1) is 41.3. The Balaban J connectivity index is 1.10. The molecule has 0 saturated carbocycles.